The lowest BCUT2D eigenvalue weighted by Crippen LogP contribution is -2.27. The molecule has 0 aliphatic heterocycles. The number of hydrogen-bond acceptors (Lipinski definition) is 3. The van der Waals surface area contributed by atoms with Gasteiger partial charge in [-0.1, -0.05) is 18.2 Å². The summed E-state index contributed by atoms with van der Waals surface area (Å²) in [4.78, 5) is 23.1. The van der Waals surface area contributed by atoms with Crippen molar-refractivity contribution in [2.45, 2.75) is 18.9 Å². The highest BCUT2D eigenvalue weighted by atomic mass is 19.1. The summed E-state index contributed by atoms with van der Waals surface area (Å²) in [5.74, 6) is -2.65. The molecule has 7 heteroatoms. The Balaban J connectivity index is 2.16. The summed E-state index contributed by atoms with van der Waals surface area (Å²) in [5.41, 5.74) is 0.321. The van der Waals surface area contributed by atoms with E-state index in [9.17, 15) is 18.4 Å². The van der Waals surface area contributed by atoms with E-state index in [0.717, 1.165) is 18.2 Å². The molecular formula is C18H14F2N2O3. The van der Waals surface area contributed by atoms with Gasteiger partial charge in [0.25, 0.3) is 0 Å². The van der Waals surface area contributed by atoms with E-state index in [-0.39, 0.29) is 12.8 Å². The first-order chi connectivity index (χ1) is 11.9. The fourth-order valence-electron chi connectivity index (χ4n) is 2.43. The molecule has 0 aromatic heterocycles. The molecule has 0 saturated carbocycles. The number of nitrogens with one attached hydrogen (secondary N) is 1. The fourth-order valence-corrected chi connectivity index (χ4v) is 2.43. The van der Waals surface area contributed by atoms with Gasteiger partial charge >= 0.3 is 6.09 Å². The first-order valence-corrected chi connectivity index (χ1v) is 7.39. The van der Waals surface area contributed by atoms with Crippen LogP contribution in [-0.4, -0.2) is 17.0 Å². The molecule has 2 aromatic carbocycles. The van der Waals surface area contributed by atoms with Crippen LogP contribution in [0.4, 0.5) is 13.6 Å². The van der Waals surface area contributed by atoms with Gasteiger partial charge in [0.15, 0.2) is 5.78 Å². The lowest BCUT2D eigenvalue weighted by Gasteiger charge is -2.17. The molecule has 128 valence electrons. The minimum Gasteiger partial charge on any atom is -0.465 e. The van der Waals surface area contributed by atoms with E-state index in [0.29, 0.717) is 11.1 Å². The summed E-state index contributed by atoms with van der Waals surface area (Å²) in [6.45, 7) is 0. The molecule has 2 aromatic rings. The average molecular weight is 344 g/mol. The Hall–Kier alpha value is -3.27. The molecule has 1 unspecified atom stereocenters. The van der Waals surface area contributed by atoms with Gasteiger partial charge in [-0.15, -0.1) is 0 Å². The van der Waals surface area contributed by atoms with Crippen LogP contribution in [0, 0.1) is 23.0 Å². The number of benzene rings is 2. The third-order valence-corrected chi connectivity index (χ3v) is 3.64. The third kappa shape index (κ3) is 4.61. The molecule has 0 bridgehead atoms. The average Bonchev–Trinajstić information content (AvgIpc) is 2.58. The van der Waals surface area contributed by atoms with Gasteiger partial charge in [-0.25, -0.2) is 13.6 Å². The molecule has 0 aliphatic rings. The Morgan fingerprint density at radius 3 is 2.24 bits per heavy atom. The number of Topliss-reactive ketones (excluding diaryl/α,β-unsaturated/α-hetero) is 1. The van der Waals surface area contributed by atoms with Crippen LogP contribution in [0.3, 0.4) is 0 Å². The second kappa shape index (κ2) is 8.02. The van der Waals surface area contributed by atoms with Crippen LogP contribution >= 0.6 is 0 Å². The van der Waals surface area contributed by atoms with Crippen LogP contribution in [0.15, 0.2) is 42.5 Å². The van der Waals surface area contributed by atoms with Crippen molar-refractivity contribution in [2.75, 3.05) is 0 Å². The van der Waals surface area contributed by atoms with Gasteiger partial charge in [-0.3, -0.25) is 4.79 Å². The summed E-state index contributed by atoms with van der Waals surface area (Å²) < 4.78 is 27.3. The molecule has 0 spiro atoms. The van der Waals surface area contributed by atoms with E-state index in [2.05, 4.69) is 5.32 Å². The van der Waals surface area contributed by atoms with Crippen molar-refractivity contribution in [3.8, 4) is 6.07 Å². The summed E-state index contributed by atoms with van der Waals surface area (Å²) in [6.07, 6.45) is -1.52. The van der Waals surface area contributed by atoms with Gasteiger partial charge < -0.3 is 10.4 Å². The Kier molecular flexibility index (Phi) is 5.79. The Labute approximate surface area is 142 Å². The lowest BCUT2D eigenvalue weighted by molar-refractivity contribution is 0.0966. The Morgan fingerprint density at radius 2 is 1.72 bits per heavy atom. The predicted molar refractivity (Wildman–Crippen MR) is 85.0 cm³/mol. The first kappa shape index (κ1) is 18.1. The number of carboxylic acid groups (broad SMARTS) is 1. The number of rotatable bonds is 6. The van der Waals surface area contributed by atoms with Crippen molar-refractivity contribution in [3.63, 3.8) is 0 Å². The summed E-state index contributed by atoms with van der Waals surface area (Å²) >= 11 is 0. The maximum absolute atomic E-state index is 13.6. The number of nitrogens with zero attached hydrogens (tertiary/aromatic N) is 1. The second-order valence-corrected chi connectivity index (χ2v) is 5.29. The molecule has 0 aliphatic carbocycles. The largest absolute Gasteiger partial charge is 0.465 e. The van der Waals surface area contributed by atoms with Crippen LogP contribution in [0.1, 0.15) is 40.4 Å². The van der Waals surface area contributed by atoms with E-state index in [1.807, 2.05) is 6.07 Å². The standard InChI is InChI=1S/C18H14F2N2O3/c19-13-2-1-3-14(20)17(13)16(23)9-8-15(22-18(24)25)12-6-4-11(10-21)5-7-12/h1-7,15,22H,8-9H2,(H,24,25). The van der Waals surface area contributed by atoms with Crippen molar-refractivity contribution in [3.05, 3.63) is 70.8 Å². The van der Waals surface area contributed by atoms with Crippen molar-refractivity contribution < 1.29 is 23.5 Å². The van der Waals surface area contributed by atoms with Crippen LogP contribution in [0.2, 0.25) is 0 Å². The molecule has 0 heterocycles. The predicted octanol–water partition coefficient (Wildman–Crippen LogP) is 3.81. The van der Waals surface area contributed by atoms with Gasteiger partial charge in [0.2, 0.25) is 0 Å². The van der Waals surface area contributed by atoms with E-state index in [4.69, 9.17) is 10.4 Å². The zero-order chi connectivity index (χ0) is 18.4. The topological polar surface area (TPSA) is 90.2 Å². The summed E-state index contributed by atoms with van der Waals surface area (Å²) in [7, 11) is 0. The van der Waals surface area contributed by atoms with Crippen molar-refractivity contribution in [1.29, 1.82) is 5.26 Å². The maximum Gasteiger partial charge on any atom is 0.405 e. The van der Waals surface area contributed by atoms with Crippen LogP contribution in [0.5, 0.6) is 0 Å². The molecule has 1 amide bonds. The third-order valence-electron chi connectivity index (χ3n) is 3.64. The summed E-state index contributed by atoms with van der Waals surface area (Å²) in [5, 5.41) is 20.0. The van der Waals surface area contributed by atoms with Gasteiger partial charge in [0.1, 0.15) is 11.6 Å². The van der Waals surface area contributed by atoms with E-state index in [1.165, 1.54) is 12.1 Å². The van der Waals surface area contributed by atoms with Gasteiger partial charge in [-0.2, -0.15) is 5.26 Å². The second-order valence-electron chi connectivity index (χ2n) is 5.29. The quantitative estimate of drug-likeness (QED) is 0.780. The molecule has 25 heavy (non-hydrogen) atoms. The maximum atomic E-state index is 13.6. The number of amides is 1. The highest BCUT2D eigenvalue weighted by Crippen LogP contribution is 2.22. The molecule has 5 nitrogen and oxygen atoms in total. The monoisotopic (exact) mass is 344 g/mol. The molecular weight excluding hydrogens is 330 g/mol. The molecule has 2 N–H and O–H groups in total. The molecule has 0 saturated heterocycles. The van der Waals surface area contributed by atoms with Gasteiger partial charge in [-0.05, 0) is 36.2 Å². The minimum absolute atomic E-state index is 0.0187. The van der Waals surface area contributed by atoms with E-state index < -0.39 is 35.1 Å². The van der Waals surface area contributed by atoms with E-state index in [1.54, 1.807) is 12.1 Å². The number of ketones is 1. The van der Waals surface area contributed by atoms with Crippen molar-refractivity contribution >= 4 is 11.9 Å². The molecule has 2 rings (SSSR count). The Bertz CT molecular complexity index is 809. The zero-order valence-electron chi connectivity index (χ0n) is 13.0. The number of carbonyl (C=O) groups is 2. The van der Waals surface area contributed by atoms with Gasteiger partial charge in [0, 0.05) is 6.42 Å². The highest BCUT2D eigenvalue weighted by molar-refractivity contribution is 5.96. The molecule has 1 atom stereocenters. The number of nitriles is 1. The van der Waals surface area contributed by atoms with Crippen molar-refractivity contribution in [1.82, 2.24) is 5.32 Å². The zero-order valence-corrected chi connectivity index (χ0v) is 13.0. The van der Waals surface area contributed by atoms with E-state index >= 15 is 0 Å². The van der Waals surface area contributed by atoms with Crippen LogP contribution in [0.25, 0.3) is 0 Å². The SMILES string of the molecule is N#Cc1ccc(C(CCC(=O)c2c(F)cccc2F)NC(=O)O)cc1. The number of hydrogen-bond donors (Lipinski definition) is 2. The Morgan fingerprint density at radius 1 is 1.12 bits per heavy atom. The number of carbonyl (C=O) groups excluding carboxylic acids is 1. The van der Waals surface area contributed by atoms with Crippen molar-refractivity contribution in [2.24, 2.45) is 0 Å². The molecule has 0 radical (unpaired) electrons. The fraction of sp³-hybridized carbons (Fsp3) is 0.167. The first-order valence-electron chi connectivity index (χ1n) is 7.39. The number of halogens is 2. The minimum atomic E-state index is -1.29. The highest BCUT2D eigenvalue weighted by Gasteiger charge is 2.20. The lowest BCUT2D eigenvalue weighted by atomic mass is 9.97. The smallest absolute Gasteiger partial charge is 0.405 e. The normalized spacial score (nSPS) is 11.4. The van der Waals surface area contributed by atoms with Crippen LogP contribution in [-0.2, 0) is 0 Å². The summed E-state index contributed by atoms with van der Waals surface area (Å²) in [6, 6.07) is 10.5. The molecule has 0 fully saturated rings. The van der Waals surface area contributed by atoms with Crippen LogP contribution < -0.4 is 5.32 Å². The van der Waals surface area contributed by atoms with Gasteiger partial charge in [0.05, 0.1) is 23.2 Å².